The molecule has 0 spiro atoms. The highest BCUT2D eigenvalue weighted by Crippen LogP contribution is 2.53. The van der Waals surface area contributed by atoms with Crippen molar-refractivity contribution in [1.29, 1.82) is 0 Å². The van der Waals surface area contributed by atoms with Gasteiger partial charge in [-0.1, -0.05) is 270 Å². The summed E-state index contributed by atoms with van der Waals surface area (Å²) in [5.41, 5.74) is 28.0. The molecule has 0 heterocycles. The number of hydrogen-bond donors (Lipinski definition) is 0. The SMILES string of the molecule is CC1(C)c2cc(-c3ccc(-c4ccc(-c5ccc(-c6ccc7ccc8cccc9ccc6c7c89)cc5)cc4)cc3)ccc2-c2ccc(-c3ccc4c(c3)C(C)(C)c3cc(-c5ccc(-c6cccc7ccccc67)cc5)ccc3-4)cc21. The van der Waals surface area contributed by atoms with Crippen LogP contribution in [0.15, 0.2) is 267 Å². The molecular weight excluding hydrogens is 961 g/mol. The van der Waals surface area contributed by atoms with E-state index in [-0.39, 0.29) is 10.8 Å². The largest absolute Gasteiger partial charge is 0.0616 e. The maximum atomic E-state index is 2.47. The summed E-state index contributed by atoms with van der Waals surface area (Å²) in [6, 6.07) is 100. The lowest BCUT2D eigenvalue weighted by Gasteiger charge is -2.24. The molecular formula is C80H56. The Bertz CT molecular complexity index is 4790. The van der Waals surface area contributed by atoms with Crippen LogP contribution in [0.5, 0.6) is 0 Å². The van der Waals surface area contributed by atoms with Gasteiger partial charge in [-0.25, -0.2) is 0 Å². The van der Waals surface area contributed by atoms with E-state index < -0.39 is 0 Å². The van der Waals surface area contributed by atoms with E-state index in [2.05, 4.69) is 295 Å². The van der Waals surface area contributed by atoms with E-state index in [1.165, 1.54) is 165 Å². The first-order valence-corrected chi connectivity index (χ1v) is 28.3. The Kier molecular flexibility index (Phi) is 10.1. The van der Waals surface area contributed by atoms with Crippen LogP contribution in [-0.4, -0.2) is 0 Å². The van der Waals surface area contributed by atoms with Crippen LogP contribution in [0.2, 0.25) is 0 Å². The molecule has 0 heteroatoms. The molecule has 0 amide bonds. The molecule has 0 saturated heterocycles. The van der Waals surface area contributed by atoms with E-state index in [4.69, 9.17) is 0 Å². The van der Waals surface area contributed by atoms with Crippen LogP contribution in [0, 0.1) is 0 Å². The average molecular weight is 1020 g/mol. The Morgan fingerprint density at radius 1 is 0.188 bits per heavy atom. The first-order valence-electron chi connectivity index (χ1n) is 28.3. The number of fused-ring (bicyclic) bond motifs is 7. The van der Waals surface area contributed by atoms with Gasteiger partial charge in [0.2, 0.25) is 0 Å². The highest BCUT2D eigenvalue weighted by molar-refractivity contribution is 6.25. The van der Waals surface area contributed by atoms with Crippen LogP contribution in [-0.2, 0) is 10.8 Å². The van der Waals surface area contributed by atoms with Gasteiger partial charge in [0.1, 0.15) is 0 Å². The van der Waals surface area contributed by atoms with Crippen molar-refractivity contribution >= 4 is 43.1 Å². The zero-order chi connectivity index (χ0) is 53.4. The topological polar surface area (TPSA) is 0 Å². The minimum absolute atomic E-state index is 0.144. The van der Waals surface area contributed by atoms with Crippen molar-refractivity contribution in [3.63, 3.8) is 0 Å². The average Bonchev–Trinajstić information content (AvgIpc) is 4.12. The summed E-state index contributed by atoms with van der Waals surface area (Å²) in [5.74, 6) is 0. The minimum atomic E-state index is -0.155. The summed E-state index contributed by atoms with van der Waals surface area (Å²) in [5, 5.41) is 10.5. The van der Waals surface area contributed by atoms with Crippen molar-refractivity contribution in [2.75, 3.05) is 0 Å². The molecule has 16 rings (SSSR count). The van der Waals surface area contributed by atoms with Crippen molar-refractivity contribution in [3.8, 4) is 100 Å². The third-order valence-corrected chi connectivity index (χ3v) is 18.5. The fraction of sp³-hybridized carbons (Fsp3) is 0.0750. The zero-order valence-electron chi connectivity index (χ0n) is 45.4. The van der Waals surface area contributed by atoms with Crippen molar-refractivity contribution in [3.05, 3.63) is 289 Å². The Morgan fingerprint density at radius 2 is 0.475 bits per heavy atom. The standard InChI is InChI=1S/C80H56/c1-79(2)73-45-61(53-21-19-51(20-22-53)49-15-17-50(18-16-49)52-23-27-57(28-24-52)67-39-33-60-32-31-58-11-7-12-59-34-44-72(67)78(60)77(58)59)35-40-68(73)70-42-37-63(47-75(70)79)64-38-43-71-69-41-36-62(46-74(69)80(3,4)76(71)48-64)54-25-29-56(30-26-54)66-14-8-10-55-9-5-6-13-65(55)66/h5-48H,1-4H3. The van der Waals surface area contributed by atoms with Gasteiger partial charge in [0, 0.05) is 10.8 Å². The fourth-order valence-electron chi connectivity index (χ4n) is 14.1. The van der Waals surface area contributed by atoms with Crippen LogP contribution in [0.25, 0.3) is 143 Å². The molecule has 0 saturated carbocycles. The second kappa shape index (κ2) is 17.4. The molecule has 14 aromatic carbocycles. The summed E-state index contributed by atoms with van der Waals surface area (Å²) in [6.45, 7) is 9.60. The van der Waals surface area contributed by atoms with Crippen LogP contribution in [0.3, 0.4) is 0 Å². The number of hydrogen-bond acceptors (Lipinski definition) is 0. The highest BCUT2D eigenvalue weighted by atomic mass is 14.4. The van der Waals surface area contributed by atoms with E-state index in [9.17, 15) is 0 Å². The van der Waals surface area contributed by atoms with Crippen LogP contribution in [0.1, 0.15) is 49.9 Å². The second-order valence-electron chi connectivity index (χ2n) is 23.6. The van der Waals surface area contributed by atoms with E-state index in [1.54, 1.807) is 0 Å². The van der Waals surface area contributed by atoms with Gasteiger partial charge in [0.05, 0.1) is 0 Å². The number of rotatable bonds is 7. The van der Waals surface area contributed by atoms with Gasteiger partial charge in [-0.15, -0.1) is 0 Å². The van der Waals surface area contributed by atoms with E-state index in [1.807, 2.05) is 0 Å². The lowest BCUT2D eigenvalue weighted by molar-refractivity contribution is 0.660. The Balaban J connectivity index is 0.621. The lowest BCUT2D eigenvalue weighted by Crippen LogP contribution is -2.15. The van der Waals surface area contributed by atoms with Gasteiger partial charge in [-0.05, 0) is 190 Å². The van der Waals surface area contributed by atoms with E-state index >= 15 is 0 Å². The Labute approximate surface area is 468 Å². The fourth-order valence-corrected chi connectivity index (χ4v) is 14.1. The summed E-state index contributed by atoms with van der Waals surface area (Å²) >= 11 is 0. The molecule has 80 heavy (non-hydrogen) atoms. The summed E-state index contributed by atoms with van der Waals surface area (Å²) in [6.07, 6.45) is 0. The zero-order valence-corrected chi connectivity index (χ0v) is 45.4. The molecule has 14 aromatic rings. The van der Waals surface area contributed by atoms with Gasteiger partial charge in [0.15, 0.2) is 0 Å². The summed E-state index contributed by atoms with van der Waals surface area (Å²) < 4.78 is 0. The molecule has 0 unspecified atom stereocenters. The van der Waals surface area contributed by atoms with Gasteiger partial charge >= 0.3 is 0 Å². The third-order valence-electron chi connectivity index (χ3n) is 18.5. The van der Waals surface area contributed by atoms with E-state index in [0.717, 1.165) is 0 Å². The molecule has 0 bridgehead atoms. The normalized spacial score (nSPS) is 13.7. The molecule has 0 nitrogen and oxygen atoms in total. The first-order chi connectivity index (χ1) is 39.1. The third kappa shape index (κ3) is 7.15. The van der Waals surface area contributed by atoms with Crippen LogP contribution in [0.4, 0.5) is 0 Å². The van der Waals surface area contributed by atoms with Crippen LogP contribution >= 0.6 is 0 Å². The highest BCUT2D eigenvalue weighted by Gasteiger charge is 2.38. The van der Waals surface area contributed by atoms with Crippen molar-refractivity contribution in [2.45, 2.75) is 38.5 Å². The molecule has 0 N–H and O–H groups in total. The van der Waals surface area contributed by atoms with Crippen LogP contribution < -0.4 is 0 Å². The second-order valence-corrected chi connectivity index (χ2v) is 23.6. The maximum absolute atomic E-state index is 2.47. The maximum Gasteiger partial charge on any atom is 0.0159 e. The predicted molar refractivity (Wildman–Crippen MR) is 341 cm³/mol. The summed E-state index contributed by atoms with van der Waals surface area (Å²) in [7, 11) is 0. The van der Waals surface area contributed by atoms with Crippen molar-refractivity contribution < 1.29 is 0 Å². The Morgan fingerprint density at radius 3 is 0.925 bits per heavy atom. The lowest BCUT2D eigenvalue weighted by atomic mass is 9.79. The molecule has 0 radical (unpaired) electrons. The predicted octanol–water partition coefficient (Wildman–Crippen LogP) is 22.0. The molecule has 0 fully saturated rings. The van der Waals surface area contributed by atoms with Gasteiger partial charge in [-0.3, -0.25) is 0 Å². The quantitative estimate of drug-likeness (QED) is 0.140. The monoisotopic (exact) mass is 1020 g/mol. The van der Waals surface area contributed by atoms with Crippen molar-refractivity contribution in [1.82, 2.24) is 0 Å². The minimum Gasteiger partial charge on any atom is -0.0616 e. The van der Waals surface area contributed by atoms with Gasteiger partial charge < -0.3 is 0 Å². The smallest absolute Gasteiger partial charge is 0.0159 e. The molecule has 0 aromatic heterocycles. The van der Waals surface area contributed by atoms with Gasteiger partial charge in [0.25, 0.3) is 0 Å². The van der Waals surface area contributed by atoms with E-state index in [0.29, 0.717) is 0 Å². The molecule has 376 valence electrons. The number of benzene rings is 14. The molecule has 0 aliphatic heterocycles. The molecule has 2 aliphatic rings. The van der Waals surface area contributed by atoms with Gasteiger partial charge in [-0.2, -0.15) is 0 Å². The first kappa shape index (κ1) is 46.5. The summed E-state index contributed by atoms with van der Waals surface area (Å²) in [4.78, 5) is 0. The molecule has 2 aliphatic carbocycles. The Hall–Kier alpha value is -9.62. The van der Waals surface area contributed by atoms with Crippen molar-refractivity contribution in [2.24, 2.45) is 0 Å². The molecule has 0 atom stereocenters.